The van der Waals surface area contributed by atoms with Gasteiger partial charge in [0.05, 0.1) is 5.56 Å². The van der Waals surface area contributed by atoms with Gasteiger partial charge in [-0.3, -0.25) is 0 Å². The molecule has 0 atom stereocenters. The van der Waals surface area contributed by atoms with Crippen molar-refractivity contribution in [1.82, 2.24) is 14.8 Å². The fourth-order valence-corrected chi connectivity index (χ4v) is 1.74. The number of nitrogens with zero attached hydrogens (tertiary/aromatic N) is 3. The van der Waals surface area contributed by atoms with E-state index in [0.717, 1.165) is 12.3 Å². The van der Waals surface area contributed by atoms with Crippen molar-refractivity contribution in [3.8, 4) is 5.82 Å². The normalized spacial score (nSPS) is 11.8. The Bertz CT molecular complexity index is 547. The summed E-state index contributed by atoms with van der Waals surface area (Å²) in [5.74, 6) is 0.576. The van der Waals surface area contributed by atoms with Gasteiger partial charge in [-0.15, -0.1) is 11.8 Å². The van der Waals surface area contributed by atoms with Crippen LogP contribution < -0.4 is 5.73 Å². The molecule has 0 bridgehead atoms. The lowest BCUT2D eigenvalue weighted by molar-refractivity contribution is -0.137. The second-order valence-corrected chi connectivity index (χ2v) is 4.25. The first kappa shape index (κ1) is 12.7. The van der Waals surface area contributed by atoms with Gasteiger partial charge < -0.3 is 5.73 Å². The molecule has 0 spiro atoms. The maximum absolute atomic E-state index is 12.4. The fourth-order valence-electron chi connectivity index (χ4n) is 1.34. The third-order valence-corrected chi connectivity index (χ3v) is 2.83. The summed E-state index contributed by atoms with van der Waals surface area (Å²) in [6.07, 6.45) is -1.81. The van der Waals surface area contributed by atoms with Crippen LogP contribution in [0.3, 0.4) is 0 Å². The van der Waals surface area contributed by atoms with Crippen LogP contribution in [0.4, 0.5) is 19.0 Å². The Morgan fingerprint density at radius 3 is 2.50 bits per heavy atom. The van der Waals surface area contributed by atoms with E-state index >= 15 is 0 Å². The molecule has 0 radical (unpaired) electrons. The van der Waals surface area contributed by atoms with Gasteiger partial charge in [0.1, 0.15) is 10.8 Å². The first-order chi connectivity index (χ1) is 8.41. The molecule has 18 heavy (non-hydrogen) atoms. The van der Waals surface area contributed by atoms with Crippen LogP contribution in [-0.2, 0) is 6.18 Å². The lowest BCUT2D eigenvalue weighted by Crippen LogP contribution is -2.08. The van der Waals surface area contributed by atoms with E-state index in [-0.39, 0.29) is 5.82 Å². The molecule has 2 rings (SSSR count). The standard InChI is InChI=1S/C10H9F3N4S/c1-18-9-4-7(14)17(16-9)8-3-2-6(5-15-8)10(11,12)13/h2-5H,14H2,1H3. The minimum atomic E-state index is -4.40. The van der Waals surface area contributed by atoms with Gasteiger partial charge in [0.15, 0.2) is 5.82 Å². The zero-order valence-electron chi connectivity index (χ0n) is 9.27. The Morgan fingerprint density at radius 2 is 2.06 bits per heavy atom. The van der Waals surface area contributed by atoms with Crippen molar-refractivity contribution in [3.63, 3.8) is 0 Å². The fraction of sp³-hybridized carbons (Fsp3) is 0.200. The third-order valence-electron chi connectivity index (χ3n) is 2.22. The third kappa shape index (κ3) is 2.42. The zero-order chi connectivity index (χ0) is 13.3. The molecule has 0 saturated heterocycles. The van der Waals surface area contributed by atoms with Crippen LogP contribution in [-0.4, -0.2) is 21.0 Å². The van der Waals surface area contributed by atoms with Gasteiger partial charge in [0.2, 0.25) is 0 Å². The van der Waals surface area contributed by atoms with Crippen LogP contribution in [0.1, 0.15) is 5.56 Å². The zero-order valence-corrected chi connectivity index (χ0v) is 10.1. The summed E-state index contributed by atoms with van der Waals surface area (Å²) >= 11 is 1.39. The maximum Gasteiger partial charge on any atom is 0.417 e. The van der Waals surface area contributed by atoms with Crippen LogP contribution in [0, 0.1) is 0 Å². The number of nitrogen functional groups attached to an aromatic ring is 1. The number of nitrogens with two attached hydrogens (primary N) is 1. The van der Waals surface area contributed by atoms with E-state index in [1.54, 1.807) is 6.07 Å². The van der Waals surface area contributed by atoms with Crippen LogP contribution in [0.25, 0.3) is 5.82 Å². The summed E-state index contributed by atoms with van der Waals surface area (Å²) < 4.78 is 38.4. The number of pyridine rings is 1. The molecular weight excluding hydrogens is 265 g/mol. The predicted molar refractivity (Wildman–Crippen MR) is 62.6 cm³/mol. The molecule has 2 heterocycles. The average Bonchev–Trinajstić information content (AvgIpc) is 2.70. The van der Waals surface area contributed by atoms with Crippen LogP contribution in [0.15, 0.2) is 29.4 Å². The van der Waals surface area contributed by atoms with Crippen molar-refractivity contribution >= 4 is 17.6 Å². The van der Waals surface area contributed by atoms with Gasteiger partial charge in [-0.25, -0.2) is 4.98 Å². The van der Waals surface area contributed by atoms with E-state index < -0.39 is 11.7 Å². The number of thioether (sulfide) groups is 1. The predicted octanol–water partition coefficient (Wildman–Crippen LogP) is 2.59. The number of aromatic nitrogens is 3. The van der Waals surface area contributed by atoms with Crippen molar-refractivity contribution in [3.05, 3.63) is 30.0 Å². The van der Waals surface area contributed by atoms with Gasteiger partial charge in [-0.1, -0.05) is 0 Å². The van der Waals surface area contributed by atoms with E-state index in [9.17, 15) is 13.2 Å². The number of alkyl halides is 3. The van der Waals surface area contributed by atoms with E-state index in [4.69, 9.17) is 5.73 Å². The van der Waals surface area contributed by atoms with Gasteiger partial charge >= 0.3 is 6.18 Å². The highest BCUT2D eigenvalue weighted by Crippen LogP contribution is 2.29. The van der Waals surface area contributed by atoms with Crippen molar-refractivity contribution in [2.45, 2.75) is 11.2 Å². The molecule has 0 aromatic carbocycles. The molecule has 4 nitrogen and oxygen atoms in total. The Morgan fingerprint density at radius 1 is 1.33 bits per heavy atom. The minimum Gasteiger partial charge on any atom is -0.383 e. The molecule has 0 amide bonds. The van der Waals surface area contributed by atoms with Gasteiger partial charge in [-0.2, -0.15) is 23.0 Å². The van der Waals surface area contributed by atoms with Crippen molar-refractivity contribution < 1.29 is 13.2 Å². The molecule has 0 fully saturated rings. The molecule has 2 N–H and O–H groups in total. The summed E-state index contributed by atoms with van der Waals surface area (Å²) in [6, 6.07) is 3.81. The molecule has 2 aromatic rings. The molecule has 0 aliphatic rings. The number of anilines is 1. The van der Waals surface area contributed by atoms with Crippen LogP contribution in [0.5, 0.6) is 0 Å². The summed E-state index contributed by atoms with van der Waals surface area (Å²) in [4.78, 5) is 3.72. The monoisotopic (exact) mass is 274 g/mol. The summed E-state index contributed by atoms with van der Waals surface area (Å²) in [5, 5.41) is 4.78. The lowest BCUT2D eigenvalue weighted by atomic mass is 10.3. The molecule has 8 heteroatoms. The molecule has 0 aliphatic carbocycles. The Balaban J connectivity index is 2.37. The second kappa shape index (κ2) is 4.52. The molecule has 0 saturated carbocycles. The molecule has 2 aromatic heterocycles. The number of halogens is 3. The first-order valence-electron chi connectivity index (χ1n) is 4.85. The molecule has 0 unspecified atom stereocenters. The topological polar surface area (TPSA) is 56.7 Å². The minimum absolute atomic E-state index is 0.251. The number of hydrogen-bond donors (Lipinski definition) is 1. The highest BCUT2D eigenvalue weighted by Gasteiger charge is 2.30. The van der Waals surface area contributed by atoms with Crippen molar-refractivity contribution in [1.29, 1.82) is 0 Å². The van der Waals surface area contributed by atoms with E-state index in [1.807, 2.05) is 6.26 Å². The molecule has 96 valence electrons. The summed E-state index contributed by atoms with van der Waals surface area (Å²) in [6.45, 7) is 0. The first-order valence-corrected chi connectivity index (χ1v) is 6.07. The van der Waals surface area contributed by atoms with E-state index in [1.165, 1.54) is 22.5 Å². The highest BCUT2D eigenvalue weighted by molar-refractivity contribution is 7.98. The summed E-state index contributed by atoms with van der Waals surface area (Å²) in [7, 11) is 0. The summed E-state index contributed by atoms with van der Waals surface area (Å²) in [5.41, 5.74) is 4.89. The second-order valence-electron chi connectivity index (χ2n) is 3.43. The lowest BCUT2D eigenvalue weighted by Gasteiger charge is -2.07. The van der Waals surface area contributed by atoms with E-state index in [0.29, 0.717) is 10.8 Å². The van der Waals surface area contributed by atoms with Gasteiger partial charge in [0, 0.05) is 12.3 Å². The Labute approximate surface area is 105 Å². The van der Waals surface area contributed by atoms with Gasteiger partial charge in [0.25, 0.3) is 0 Å². The number of hydrogen-bond acceptors (Lipinski definition) is 4. The smallest absolute Gasteiger partial charge is 0.383 e. The van der Waals surface area contributed by atoms with Crippen LogP contribution >= 0.6 is 11.8 Å². The van der Waals surface area contributed by atoms with Crippen LogP contribution in [0.2, 0.25) is 0 Å². The quantitative estimate of drug-likeness (QED) is 0.855. The SMILES string of the molecule is CSc1cc(N)n(-c2ccc(C(F)(F)F)cn2)n1. The average molecular weight is 274 g/mol. The highest BCUT2D eigenvalue weighted by atomic mass is 32.2. The maximum atomic E-state index is 12.4. The Kier molecular flexibility index (Phi) is 3.20. The number of rotatable bonds is 2. The van der Waals surface area contributed by atoms with Crippen molar-refractivity contribution in [2.75, 3.05) is 12.0 Å². The van der Waals surface area contributed by atoms with Gasteiger partial charge in [-0.05, 0) is 18.4 Å². The largest absolute Gasteiger partial charge is 0.417 e. The molecular formula is C10H9F3N4S. The van der Waals surface area contributed by atoms with Crippen molar-refractivity contribution in [2.24, 2.45) is 0 Å². The van der Waals surface area contributed by atoms with E-state index in [2.05, 4.69) is 10.1 Å². The Hall–Kier alpha value is -1.70. The molecule has 0 aliphatic heterocycles.